The van der Waals surface area contributed by atoms with E-state index >= 15 is 0 Å². The van der Waals surface area contributed by atoms with Crippen LogP contribution in [0.2, 0.25) is 0 Å². The third-order valence-electron chi connectivity index (χ3n) is 4.43. The lowest BCUT2D eigenvalue weighted by Crippen LogP contribution is -1.91. The highest BCUT2D eigenvalue weighted by Gasteiger charge is 2.14. The molecule has 0 fully saturated rings. The average Bonchev–Trinajstić information content (AvgIpc) is 3.35. The molecule has 3 heterocycles. The zero-order valence-electron chi connectivity index (χ0n) is 14.0. The third kappa shape index (κ3) is 2.81. The van der Waals surface area contributed by atoms with Gasteiger partial charge in [0.25, 0.3) is 0 Å². The van der Waals surface area contributed by atoms with Crippen LogP contribution in [-0.2, 0) is 18.0 Å². The van der Waals surface area contributed by atoms with Crippen LogP contribution in [0.3, 0.4) is 0 Å². The Labute approximate surface area is 154 Å². The minimum atomic E-state index is 0.605. The van der Waals surface area contributed by atoms with Crippen LogP contribution in [0.15, 0.2) is 66.7 Å². The van der Waals surface area contributed by atoms with Crippen molar-refractivity contribution < 1.29 is 4.74 Å². The van der Waals surface area contributed by atoms with Gasteiger partial charge in [0.2, 0.25) is 0 Å². The van der Waals surface area contributed by atoms with E-state index in [9.17, 15) is 0 Å². The lowest BCUT2D eigenvalue weighted by atomic mass is 10.2. The molecular weight excluding hydrogens is 342 g/mol. The first kappa shape index (κ1) is 15.4. The second-order valence-electron chi connectivity index (χ2n) is 6.28. The van der Waals surface area contributed by atoms with Gasteiger partial charge in [-0.05, 0) is 23.8 Å². The summed E-state index contributed by atoms with van der Waals surface area (Å²) in [4.78, 5) is 4.65. The standard InChI is InChI=1S/C21H17N3OS/c1-2-6-14(7-3-1)12-25-13-16-11-19-21(26-16)20(24-23-19)18-10-15-8-4-5-9-17(15)22-18/h1-11,22H,12-13H2,(H,23,24). The number of nitrogens with zero attached hydrogens (tertiary/aromatic N) is 1. The molecule has 0 amide bonds. The number of nitrogens with one attached hydrogen (secondary N) is 2. The minimum absolute atomic E-state index is 0.605. The van der Waals surface area contributed by atoms with Crippen molar-refractivity contribution in [1.29, 1.82) is 0 Å². The molecule has 0 spiro atoms. The summed E-state index contributed by atoms with van der Waals surface area (Å²) in [6, 6.07) is 22.8. The predicted molar refractivity (Wildman–Crippen MR) is 106 cm³/mol. The van der Waals surface area contributed by atoms with Crippen LogP contribution in [0, 0.1) is 0 Å². The van der Waals surface area contributed by atoms with Crippen molar-refractivity contribution in [2.75, 3.05) is 0 Å². The van der Waals surface area contributed by atoms with E-state index < -0.39 is 0 Å². The molecule has 0 bridgehead atoms. The first-order valence-electron chi connectivity index (χ1n) is 8.53. The molecule has 0 aliphatic rings. The monoisotopic (exact) mass is 359 g/mol. The largest absolute Gasteiger partial charge is 0.371 e. The Morgan fingerprint density at radius 3 is 2.62 bits per heavy atom. The minimum Gasteiger partial charge on any atom is -0.371 e. The van der Waals surface area contributed by atoms with E-state index in [0.717, 1.165) is 27.1 Å². The van der Waals surface area contributed by atoms with Crippen molar-refractivity contribution in [3.8, 4) is 11.4 Å². The van der Waals surface area contributed by atoms with Gasteiger partial charge in [0.05, 0.1) is 29.1 Å². The number of H-pyrrole nitrogens is 2. The Kier molecular flexibility index (Phi) is 3.81. The van der Waals surface area contributed by atoms with Gasteiger partial charge in [0.15, 0.2) is 0 Å². The van der Waals surface area contributed by atoms with E-state index in [1.165, 1.54) is 15.8 Å². The second kappa shape index (κ2) is 6.44. The van der Waals surface area contributed by atoms with Gasteiger partial charge in [0.1, 0.15) is 5.69 Å². The van der Waals surface area contributed by atoms with Crippen molar-refractivity contribution in [1.82, 2.24) is 15.2 Å². The summed E-state index contributed by atoms with van der Waals surface area (Å²) in [7, 11) is 0. The topological polar surface area (TPSA) is 53.7 Å². The molecule has 2 aromatic carbocycles. The number of aromatic amines is 2. The number of ether oxygens (including phenoxy) is 1. The molecule has 5 aromatic rings. The van der Waals surface area contributed by atoms with Gasteiger partial charge in [-0.3, -0.25) is 5.10 Å². The maximum absolute atomic E-state index is 5.87. The maximum Gasteiger partial charge on any atom is 0.126 e. The lowest BCUT2D eigenvalue weighted by molar-refractivity contribution is 0.109. The average molecular weight is 359 g/mol. The van der Waals surface area contributed by atoms with Gasteiger partial charge in [-0.1, -0.05) is 48.5 Å². The highest BCUT2D eigenvalue weighted by atomic mass is 32.1. The molecule has 0 saturated heterocycles. The molecule has 2 N–H and O–H groups in total. The molecule has 5 heteroatoms. The van der Waals surface area contributed by atoms with Crippen molar-refractivity contribution in [3.63, 3.8) is 0 Å². The highest BCUT2D eigenvalue weighted by Crippen LogP contribution is 2.34. The summed E-state index contributed by atoms with van der Waals surface area (Å²) in [5.74, 6) is 0. The molecule has 4 nitrogen and oxygen atoms in total. The Morgan fingerprint density at radius 1 is 0.885 bits per heavy atom. The van der Waals surface area contributed by atoms with Gasteiger partial charge >= 0.3 is 0 Å². The van der Waals surface area contributed by atoms with Crippen molar-refractivity contribution in [2.24, 2.45) is 0 Å². The van der Waals surface area contributed by atoms with Crippen LogP contribution < -0.4 is 0 Å². The first-order valence-corrected chi connectivity index (χ1v) is 9.35. The number of aromatic nitrogens is 3. The van der Waals surface area contributed by atoms with E-state index in [1.54, 1.807) is 11.3 Å². The number of benzene rings is 2. The Balaban J connectivity index is 1.38. The fourth-order valence-electron chi connectivity index (χ4n) is 3.17. The predicted octanol–water partition coefficient (Wildman–Crippen LogP) is 5.49. The summed E-state index contributed by atoms with van der Waals surface area (Å²) >= 11 is 1.73. The normalized spacial score (nSPS) is 11.5. The van der Waals surface area contributed by atoms with E-state index in [0.29, 0.717) is 13.2 Å². The molecule has 26 heavy (non-hydrogen) atoms. The molecule has 0 saturated carbocycles. The molecule has 3 aromatic heterocycles. The van der Waals surface area contributed by atoms with Crippen LogP contribution in [0.4, 0.5) is 0 Å². The Hall–Kier alpha value is -2.89. The van der Waals surface area contributed by atoms with Gasteiger partial charge < -0.3 is 9.72 Å². The zero-order chi connectivity index (χ0) is 17.3. The summed E-state index contributed by atoms with van der Waals surface area (Å²) in [6.07, 6.45) is 0. The van der Waals surface area contributed by atoms with Crippen LogP contribution in [0.5, 0.6) is 0 Å². The highest BCUT2D eigenvalue weighted by molar-refractivity contribution is 7.19. The molecule has 0 radical (unpaired) electrons. The second-order valence-corrected chi connectivity index (χ2v) is 7.41. The molecule has 0 unspecified atom stereocenters. The van der Waals surface area contributed by atoms with E-state index in [4.69, 9.17) is 4.74 Å². The maximum atomic E-state index is 5.87. The quantitative estimate of drug-likeness (QED) is 0.436. The van der Waals surface area contributed by atoms with Crippen molar-refractivity contribution in [3.05, 3.63) is 77.2 Å². The molecule has 0 aliphatic carbocycles. The number of para-hydroxylation sites is 1. The zero-order valence-corrected chi connectivity index (χ0v) is 14.8. The summed E-state index contributed by atoms with van der Waals surface area (Å²) in [6.45, 7) is 1.23. The van der Waals surface area contributed by atoms with Crippen LogP contribution in [0.1, 0.15) is 10.4 Å². The van der Waals surface area contributed by atoms with Crippen LogP contribution in [0.25, 0.3) is 32.5 Å². The SMILES string of the molecule is c1ccc(COCc2cc3[nH]nc(-c4cc5ccccc5[nH]4)c3s2)cc1. The van der Waals surface area contributed by atoms with E-state index in [2.05, 4.69) is 51.6 Å². The molecule has 0 aliphatic heterocycles. The van der Waals surface area contributed by atoms with E-state index in [-0.39, 0.29) is 0 Å². The Morgan fingerprint density at radius 2 is 1.73 bits per heavy atom. The molecular formula is C21H17N3OS. The first-order chi connectivity index (χ1) is 12.9. The number of thiophene rings is 1. The molecule has 0 atom stereocenters. The fraction of sp³-hybridized carbons (Fsp3) is 0.0952. The smallest absolute Gasteiger partial charge is 0.126 e. The van der Waals surface area contributed by atoms with Crippen molar-refractivity contribution >= 4 is 32.5 Å². The lowest BCUT2D eigenvalue weighted by Gasteiger charge is -2.02. The third-order valence-corrected chi connectivity index (χ3v) is 5.54. The number of rotatable bonds is 5. The number of fused-ring (bicyclic) bond motifs is 2. The summed E-state index contributed by atoms with van der Waals surface area (Å²) in [5, 5.41) is 8.84. The fourth-order valence-corrected chi connectivity index (χ4v) is 4.21. The van der Waals surface area contributed by atoms with E-state index in [1.807, 2.05) is 30.3 Å². The van der Waals surface area contributed by atoms with Crippen LogP contribution >= 0.6 is 11.3 Å². The van der Waals surface area contributed by atoms with Crippen molar-refractivity contribution in [2.45, 2.75) is 13.2 Å². The van der Waals surface area contributed by atoms with Gasteiger partial charge in [0, 0.05) is 15.8 Å². The van der Waals surface area contributed by atoms with Gasteiger partial charge in [-0.15, -0.1) is 11.3 Å². The molecule has 5 rings (SSSR count). The van der Waals surface area contributed by atoms with Gasteiger partial charge in [-0.25, -0.2) is 0 Å². The summed E-state index contributed by atoms with van der Waals surface area (Å²) < 4.78 is 7.03. The number of hydrogen-bond donors (Lipinski definition) is 2. The molecule has 128 valence electrons. The summed E-state index contributed by atoms with van der Waals surface area (Å²) in [5.41, 5.74) is 5.38. The Bertz CT molecular complexity index is 1140. The number of hydrogen-bond acceptors (Lipinski definition) is 3. The van der Waals surface area contributed by atoms with Gasteiger partial charge in [-0.2, -0.15) is 5.10 Å². The van der Waals surface area contributed by atoms with Crippen LogP contribution in [-0.4, -0.2) is 15.2 Å².